The van der Waals surface area contributed by atoms with E-state index in [1.54, 1.807) is 37.4 Å². The van der Waals surface area contributed by atoms with Crippen LogP contribution in [-0.4, -0.2) is 96.5 Å². The zero-order chi connectivity index (χ0) is 33.7. The van der Waals surface area contributed by atoms with Crippen molar-refractivity contribution in [2.24, 2.45) is 11.8 Å². The minimum Gasteiger partial charge on any atom is -0.499 e. The molecule has 0 radical (unpaired) electrons. The molecule has 3 fully saturated rings. The highest BCUT2D eigenvalue weighted by molar-refractivity contribution is 5.97. The molecule has 0 aromatic heterocycles. The van der Waals surface area contributed by atoms with Crippen molar-refractivity contribution in [3.63, 3.8) is 0 Å². The minimum atomic E-state index is -0.846. The largest absolute Gasteiger partial charge is 0.499 e. The van der Waals surface area contributed by atoms with Crippen LogP contribution in [0.1, 0.15) is 53.6 Å². The number of carbonyl (C=O) groups excluding carboxylic acids is 3. The quantitative estimate of drug-likeness (QED) is 0.149. The summed E-state index contributed by atoms with van der Waals surface area (Å²) in [6, 6.07) is 15.5. The van der Waals surface area contributed by atoms with Gasteiger partial charge in [-0.15, -0.1) is 0 Å². The fourth-order valence-electron chi connectivity index (χ4n) is 6.69. The molecule has 11 nitrogen and oxygen atoms in total. The second-order valence-electron chi connectivity index (χ2n) is 12.9. The first-order chi connectivity index (χ1) is 23.3. The third-order valence-electron chi connectivity index (χ3n) is 9.40. The van der Waals surface area contributed by atoms with Gasteiger partial charge < -0.3 is 39.4 Å². The number of nitrogens with zero attached hydrogens (tertiary/aromatic N) is 1. The molecule has 3 N–H and O–H groups in total. The molecule has 0 bridgehead atoms. The van der Waals surface area contributed by atoms with Crippen LogP contribution in [0.5, 0.6) is 0 Å². The molecule has 2 aromatic carbocycles. The molecule has 4 aliphatic rings. The van der Waals surface area contributed by atoms with Gasteiger partial charge in [-0.1, -0.05) is 42.5 Å². The molecule has 256 valence electrons. The maximum Gasteiger partial charge on any atom is 0.338 e. The molecule has 4 atom stereocenters. The normalized spacial score (nSPS) is 23.6. The van der Waals surface area contributed by atoms with Crippen LogP contribution in [0.15, 0.2) is 72.5 Å². The van der Waals surface area contributed by atoms with E-state index < -0.39 is 36.1 Å². The summed E-state index contributed by atoms with van der Waals surface area (Å²) in [7, 11) is 1.59. The summed E-state index contributed by atoms with van der Waals surface area (Å²) in [6.45, 7) is -0.0919. The van der Waals surface area contributed by atoms with Crippen molar-refractivity contribution >= 4 is 23.9 Å². The first kappa shape index (κ1) is 33.9. The predicted octanol–water partition coefficient (Wildman–Crippen LogP) is 3.00. The summed E-state index contributed by atoms with van der Waals surface area (Å²) >= 11 is 0. The molecule has 0 spiro atoms. The van der Waals surface area contributed by atoms with Crippen LogP contribution in [0, 0.1) is 11.8 Å². The third kappa shape index (κ3) is 7.65. The summed E-state index contributed by atoms with van der Waals surface area (Å²) in [6.07, 6.45) is 7.35. The number of carbonyl (C=O) groups is 3. The molecule has 3 aliphatic carbocycles. The molecular weight excluding hydrogens is 616 g/mol. The number of amides is 2. The Hall–Kier alpha value is -4.03. The van der Waals surface area contributed by atoms with E-state index in [4.69, 9.17) is 24.1 Å². The first-order valence-corrected chi connectivity index (χ1v) is 16.8. The van der Waals surface area contributed by atoms with E-state index in [1.807, 2.05) is 36.4 Å². The fraction of sp³-hybridized carbons (Fsp3) is 0.486. The lowest BCUT2D eigenvalue weighted by Crippen LogP contribution is -2.51. The van der Waals surface area contributed by atoms with Crippen molar-refractivity contribution in [3.05, 3.63) is 89.2 Å². The molecule has 2 aromatic rings. The Morgan fingerprint density at radius 2 is 1.77 bits per heavy atom. The molecule has 6 rings (SSSR count). The number of hydrogen-bond acceptors (Lipinski definition) is 9. The van der Waals surface area contributed by atoms with Gasteiger partial charge in [0.25, 0.3) is 0 Å². The lowest BCUT2D eigenvalue weighted by molar-refractivity contribution is -0.209. The number of rotatable bonds is 15. The topological polar surface area (TPSA) is 144 Å². The Kier molecular flexibility index (Phi) is 10.6. The monoisotopic (exact) mass is 660 g/mol. The van der Waals surface area contributed by atoms with Crippen molar-refractivity contribution in [2.75, 3.05) is 33.4 Å². The van der Waals surface area contributed by atoms with E-state index in [0.717, 1.165) is 31.2 Å². The van der Waals surface area contributed by atoms with E-state index in [1.165, 1.54) is 11.2 Å². The van der Waals surface area contributed by atoms with E-state index in [2.05, 4.69) is 5.32 Å². The summed E-state index contributed by atoms with van der Waals surface area (Å²) in [5, 5.41) is 21.0. The lowest BCUT2D eigenvalue weighted by Gasteiger charge is -2.33. The summed E-state index contributed by atoms with van der Waals surface area (Å²) in [4.78, 5) is 42.5. The lowest BCUT2D eigenvalue weighted by atomic mass is 9.90. The van der Waals surface area contributed by atoms with Gasteiger partial charge >= 0.3 is 5.97 Å². The Bertz CT molecular complexity index is 1510. The minimum absolute atomic E-state index is 0.0684. The molecule has 1 heterocycles. The number of likely N-dealkylation sites (N-methyl/N-ethyl adjacent to an activating group) is 1. The van der Waals surface area contributed by atoms with Crippen LogP contribution >= 0.6 is 0 Å². The van der Waals surface area contributed by atoms with Gasteiger partial charge in [0.05, 0.1) is 25.0 Å². The average molecular weight is 661 g/mol. The highest BCUT2D eigenvalue weighted by atomic mass is 16.8. The van der Waals surface area contributed by atoms with Crippen molar-refractivity contribution < 1.29 is 43.5 Å². The smallest absolute Gasteiger partial charge is 0.338 e. The van der Waals surface area contributed by atoms with Crippen molar-refractivity contribution in [2.45, 2.75) is 68.7 Å². The van der Waals surface area contributed by atoms with Crippen LogP contribution in [-0.2, 0) is 35.0 Å². The fourth-order valence-corrected chi connectivity index (χ4v) is 6.69. The zero-order valence-corrected chi connectivity index (χ0v) is 27.2. The second-order valence-corrected chi connectivity index (χ2v) is 12.9. The number of ether oxygens (including phenoxy) is 4. The molecule has 1 aliphatic heterocycles. The molecule has 1 saturated heterocycles. The Morgan fingerprint density at radius 3 is 2.46 bits per heavy atom. The van der Waals surface area contributed by atoms with Crippen LogP contribution in [0.3, 0.4) is 0 Å². The van der Waals surface area contributed by atoms with E-state index >= 15 is 0 Å². The summed E-state index contributed by atoms with van der Waals surface area (Å²) in [5.41, 5.74) is 2.31. The number of hydrogen-bond donors (Lipinski definition) is 3. The Morgan fingerprint density at radius 1 is 1.02 bits per heavy atom. The zero-order valence-electron chi connectivity index (χ0n) is 27.2. The maximum absolute atomic E-state index is 14.2. The van der Waals surface area contributed by atoms with Crippen molar-refractivity contribution in [1.82, 2.24) is 10.2 Å². The SMILES string of the molecule is CN(C(=O)C1=CC2OC(C3CC3)(C3CC3)OC2C(OC(=O)c2cccc(C=COCCO)c2)C1)C(Cc1ccccc1)C(=O)NCCO. The van der Waals surface area contributed by atoms with Gasteiger partial charge in [0.15, 0.2) is 5.79 Å². The van der Waals surface area contributed by atoms with Gasteiger partial charge in [-0.05, 0) is 61.1 Å². The number of aliphatic hydroxyl groups is 2. The van der Waals surface area contributed by atoms with Gasteiger partial charge in [0, 0.05) is 43.8 Å². The van der Waals surface area contributed by atoms with E-state index in [-0.39, 0.29) is 62.9 Å². The highest BCUT2D eigenvalue weighted by Crippen LogP contribution is 2.59. The van der Waals surface area contributed by atoms with E-state index in [9.17, 15) is 19.5 Å². The maximum atomic E-state index is 14.2. The molecule has 2 saturated carbocycles. The van der Waals surface area contributed by atoms with Gasteiger partial charge in [-0.3, -0.25) is 9.59 Å². The predicted molar refractivity (Wildman–Crippen MR) is 175 cm³/mol. The molecular formula is C37H44N2O9. The standard InChI is InChI=1S/C37H44N2O9/c1-39(30(34(42)38-15-16-40)21-24-6-3-2-4-7-24)35(43)27-22-31(33-32(23-27)47-37(48-33,28-10-11-28)29-12-13-29)46-36(44)26-9-5-8-25(20-26)14-18-45-19-17-41/h2-9,14,18,20,23,28-33,40-41H,10-13,15-17,19,21-22H2,1H3,(H,38,42). The second kappa shape index (κ2) is 15.0. The number of fused-ring (bicyclic) bond motifs is 1. The van der Waals surface area contributed by atoms with Crippen LogP contribution in [0.25, 0.3) is 6.08 Å². The van der Waals surface area contributed by atoms with Crippen LogP contribution in [0.4, 0.5) is 0 Å². The third-order valence-corrected chi connectivity index (χ3v) is 9.40. The Balaban J connectivity index is 1.25. The average Bonchev–Trinajstić information content (AvgIpc) is 4.05. The van der Waals surface area contributed by atoms with E-state index in [0.29, 0.717) is 16.7 Å². The van der Waals surface area contributed by atoms with Gasteiger partial charge in [0.2, 0.25) is 11.8 Å². The summed E-state index contributed by atoms with van der Waals surface area (Å²) < 4.78 is 24.8. The van der Waals surface area contributed by atoms with Crippen molar-refractivity contribution in [3.8, 4) is 0 Å². The van der Waals surface area contributed by atoms with Crippen molar-refractivity contribution in [1.29, 1.82) is 0 Å². The molecule has 11 heteroatoms. The highest BCUT2D eigenvalue weighted by Gasteiger charge is 2.64. The molecule has 2 amide bonds. The van der Waals surface area contributed by atoms with Gasteiger partial charge in [-0.2, -0.15) is 0 Å². The molecule has 48 heavy (non-hydrogen) atoms. The van der Waals surface area contributed by atoms with Gasteiger partial charge in [-0.25, -0.2) is 4.79 Å². The number of benzene rings is 2. The Labute approximate surface area is 280 Å². The summed E-state index contributed by atoms with van der Waals surface area (Å²) in [5.74, 6) is -1.52. The van der Waals surface area contributed by atoms with Crippen LogP contribution in [0.2, 0.25) is 0 Å². The number of aliphatic hydroxyl groups excluding tert-OH is 2. The van der Waals surface area contributed by atoms with Crippen LogP contribution < -0.4 is 5.32 Å². The first-order valence-electron chi connectivity index (χ1n) is 16.8. The number of nitrogens with one attached hydrogen (secondary N) is 1. The number of esters is 1. The molecule has 4 unspecified atom stereocenters. The van der Waals surface area contributed by atoms with Gasteiger partial charge in [0.1, 0.15) is 31.0 Å².